The van der Waals surface area contributed by atoms with Crippen molar-refractivity contribution in [2.24, 2.45) is 5.92 Å². The van der Waals surface area contributed by atoms with Crippen LogP contribution in [0, 0.1) is 5.92 Å². The zero-order valence-electron chi connectivity index (χ0n) is 14.2. The van der Waals surface area contributed by atoms with Crippen LogP contribution in [0.15, 0.2) is 36.5 Å². The molecule has 4 rings (SSSR count). The lowest BCUT2D eigenvalue weighted by Crippen LogP contribution is -2.47. The summed E-state index contributed by atoms with van der Waals surface area (Å²) in [6.07, 6.45) is 3.58. The molecule has 134 valence electrons. The lowest BCUT2D eigenvalue weighted by atomic mass is 9.97. The van der Waals surface area contributed by atoms with E-state index in [4.69, 9.17) is 4.74 Å². The van der Waals surface area contributed by atoms with E-state index in [1.165, 1.54) is 5.56 Å². The van der Waals surface area contributed by atoms with Crippen LogP contribution in [0.1, 0.15) is 12.0 Å². The van der Waals surface area contributed by atoms with E-state index in [1.807, 2.05) is 12.3 Å². The number of morpholine rings is 1. The van der Waals surface area contributed by atoms with Gasteiger partial charge in [-0.2, -0.15) is 17.0 Å². The van der Waals surface area contributed by atoms with Crippen LogP contribution < -0.4 is 0 Å². The van der Waals surface area contributed by atoms with Gasteiger partial charge in [0.05, 0.1) is 18.7 Å². The number of aromatic nitrogens is 1. The monoisotopic (exact) mass is 361 g/mol. The van der Waals surface area contributed by atoms with Crippen LogP contribution in [0.25, 0.3) is 10.9 Å². The molecule has 7 heteroatoms. The number of para-hydroxylation sites is 1. The van der Waals surface area contributed by atoms with E-state index in [-0.39, 0.29) is 0 Å². The SMILES string of the molecule is O=S(=O)(N1CCOCC1)N1CC[C@H](Cc2cccc3cccnc23)C1. The van der Waals surface area contributed by atoms with Crippen molar-refractivity contribution < 1.29 is 13.2 Å². The average molecular weight is 361 g/mol. The van der Waals surface area contributed by atoms with Gasteiger partial charge in [-0.25, -0.2) is 0 Å². The topological polar surface area (TPSA) is 62.7 Å². The van der Waals surface area contributed by atoms with Crippen molar-refractivity contribution in [3.05, 3.63) is 42.1 Å². The van der Waals surface area contributed by atoms with Crippen LogP contribution in [-0.4, -0.2) is 61.4 Å². The zero-order chi connectivity index (χ0) is 17.3. The van der Waals surface area contributed by atoms with Crippen LogP contribution >= 0.6 is 0 Å². The molecule has 2 saturated heterocycles. The molecule has 0 saturated carbocycles. The third-order valence-electron chi connectivity index (χ3n) is 5.10. The molecule has 0 spiro atoms. The van der Waals surface area contributed by atoms with E-state index in [1.54, 1.807) is 8.61 Å². The average Bonchev–Trinajstić information content (AvgIpc) is 3.12. The first kappa shape index (κ1) is 16.9. The van der Waals surface area contributed by atoms with Crippen molar-refractivity contribution >= 4 is 21.1 Å². The highest BCUT2D eigenvalue weighted by Crippen LogP contribution is 2.27. The van der Waals surface area contributed by atoms with Gasteiger partial charge in [0.25, 0.3) is 10.2 Å². The second kappa shape index (κ2) is 6.99. The summed E-state index contributed by atoms with van der Waals surface area (Å²) >= 11 is 0. The van der Waals surface area contributed by atoms with Gasteiger partial charge in [-0.05, 0) is 30.4 Å². The Kier molecular flexibility index (Phi) is 4.73. The largest absolute Gasteiger partial charge is 0.379 e. The molecule has 0 unspecified atom stereocenters. The third kappa shape index (κ3) is 3.42. The molecule has 25 heavy (non-hydrogen) atoms. The molecule has 1 atom stereocenters. The maximum Gasteiger partial charge on any atom is 0.282 e. The fourth-order valence-electron chi connectivity index (χ4n) is 3.76. The summed E-state index contributed by atoms with van der Waals surface area (Å²) in [6.45, 7) is 3.06. The molecular formula is C18H23N3O3S. The molecular weight excluding hydrogens is 338 g/mol. The van der Waals surface area contributed by atoms with Gasteiger partial charge in [0.1, 0.15) is 0 Å². The highest BCUT2D eigenvalue weighted by molar-refractivity contribution is 7.86. The summed E-state index contributed by atoms with van der Waals surface area (Å²) in [7, 11) is -3.36. The third-order valence-corrected chi connectivity index (χ3v) is 7.10. The smallest absolute Gasteiger partial charge is 0.282 e. The molecule has 0 amide bonds. The quantitative estimate of drug-likeness (QED) is 0.831. The number of hydrogen-bond donors (Lipinski definition) is 0. The van der Waals surface area contributed by atoms with Crippen molar-refractivity contribution in [2.45, 2.75) is 12.8 Å². The van der Waals surface area contributed by atoms with E-state index in [2.05, 4.69) is 29.2 Å². The van der Waals surface area contributed by atoms with E-state index in [9.17, 15) is 8.42 Å². The van der Waals surface area contributed by atoms with E-state index in [0.717, 1.165) is 23.7 Å². The molecule has 0 bridgehead atoms. The van der Waals surface area contributed by atoms with Crippen LogP contribution in [0.2, 0.25) is 0 Å². The Morgan fingerprint density at radius 1 is 1.08 bits per heavy atom. The Morgan fingerprint density at radius 3 is 2.72 bits per heavy atom. The summed E-state index contributed by atoms with van der Waals surface area (Å²) in [5, 5.41) is 1.13. The molecule has 1 aromatic heterocycles. The van der Waals surface area contributed by atoms with E-state index < -0.39 is 10.2 Å². The number of fused-ring (bicyclic) bond motifs is 1. The van der Waals surface area contributed by atoms with E-state index >= 15 is 0 Å². The molecule has 0 aliphatic carbocycles. The molecule has 3 heterocycles. The highest BCUT2D eigenvalue weighted by atomic mass is 32.2. The van der Waals surface area contributed by atoms with Crippen molar-refractivity contribution in [3.63, 3.8) is 0 Å². The number of rotatable bonds is 4. The van der Waals surface area contributed by atoms with Gasteiger partial charge >= 0.3 is 0 Å². The summed E-state index contributed by atoms with van der Waals surface area (Å²) in [5.41, 5.74) is 2.23. The molecule has 0 radical (unpaired) electrons. The standard InChI is InChI=1S/C18H23N3O3S/c22-25(23,20-9-11-24-12-10-20)21-8-6-15(14-21)13-17-4-1-3-16-5-2-7-19-18(16)17/h1-5,7,15H,6,8-14H2/t15-/m1/s1. The molecule has 2 fully saturated rings. The van der Waals surface area contributed by atoms with Gasteiger partial charge in [-0.15, -0.1) is 0 Å². The predicted molar refractivity (Wildman–Crippen MR) is 96.4 cm³/mol. The van der Waals surface area contributed by atoms with Crippen LogP contribution in [-0.2, 0) is 21.4 Å². The number of nitrogens with zero attached hydrogens (tertiary/aromatic N) is 3. The summed E-state index contributed by atoms with van der Waals surface area (Å²) < 4.78 is 34.0. The molecule has 1 aromatic carbocycles. The minimum atomic E-state index is -3.36. The molecule has 6 nitrogen and oxygen atoms in total. The fraction of sp³-hybridized carbons (Fsp3) is 0.500. The van der Waals surface area contributed by atoms with Gasteiger partial charge in [-0.3, -0.25) is 4.98 Å². The fourth-order valence-corrected chi connectivity index (χ4v) is 5.43. The first-order chi connectivity index (χ1) is 12.1. The lowest BCUT2D eigenvalue weighted by Gasteiger charge is -2.30. The van der Waals surface area contributed by atoms with Gasteiger partial charge in [0.2, 0.25) is 0 Å². The van der Waals surface area contributed by atoms with Gasteiger partial charge < -0.3 is 4.74 Å². The zero-order valence-corrected chi connectivity index (χ0v) is 15.0. The van der Waals surface area contributed by atoms with Crippen molar-refractivity contribution in [3.8, 4) is 0 Å². The van der Waals surface area contributed by atoms with Crippen molar-refractivity contribution in [1.82, 2.24) is 13.6 Å². The Morgan fingerprint density at radius 2 is 1.88 bits per heavy atom. The second-order valence-electron chi connectivity index (χ2n) is 6.73. The molecule has 2 aliphatic heterocycles. The maximum atomic E-state index is 12.8. The minimum absolute atomic E-state index is 0.337. The number of pyridine rings is 1. The first-order valence-corrected chi connectivity index (χ1v) is 10.2. The van der Waals surface area contributed by atoms with Crippen LogP contribution in [0.3, 0.4) is 0 Å². The maximum absolute atomic E-state index is 12.8. The summed E-state index contributed by atoms with van der Waals surface area (Å²) in [6, 6.07) is 10.2. The summed E-state index contributed by atoms with van der Waals surface area (Å²) in [4.78, 5) is 4.51. The van der Waals surface area contributed by atoms with Crippen molar-refractivity contribution in [1.29, 1.82) is 0 Å². The first-order valence-electron chi connectivity index (χ1n) is 8.80. The number of hydrogen-bond acceptors (Lipinski definition) is 4. The highest BCUT2D eigenvalue weighted by Gasteiger charge is 2.36. The number of benzene rings is 1. The molecule has 2 aromatic rings. The number of ether oxygens (including phenoxy) is 1. The van der Waals surface area contributed by atoms with E-state index in [0.29, 0.717) is 45.3 Å². The Bertz CT molecular complexity index is 844. The summed E-state index contributed by atoms with van der Waals surface area (Å²) in [5.74, 6) is 0.337. The normalized spacial score (nSPS) is 23.3. The molecule has 0 N–H and O–H groups in total. The Balaban J connectivity index is 1.47. The predicted octanol–water partition coefficient (Wildman–Crippen LogP) is 1.68. The Labute approximate surface area is 148 Å². The second-order valence-corrected chi connectivity index (χ2v) is 8.66. The Hall–Kier alpha value is -1.54. The minimum Gasteiger partial charge on any atom is -0.379 e. The lowest BCUT2D eigenvalue weighted by molar-refractivity contribution is 0.0705. The van der Waals surface area contributed by atoms with Crippen LogP contribution in [0.4, 0.5) is 0 Å². The van der Waals surface area contributed by atoms with Gasteiger partial charge in [-0.1, -0.05) is 24.3 Å². The van der Waals surface area contributed by atoms with Gasteiger partial charge in [0.15, 0.2) is 0 Å². The van der Waals surface area contributed by atoms with Gasteiger partial charge in [0, 0.05) is 37.8 Å². The molecule has 2 aliphatic rings. The van der Waals surface area contributed by atoms with Crippen LogP contribution in [0.5, 0.6) is 0 Å². The van der Waals surface area contributed by atoms with Crippen molar-refractivity contribution in [2.75, 3.05) is 39.4 Å².